The van der Waals surface area contributed by atoms with Crippen LogP contribution in [0.5, 0.6) is 0 Å². The first-order valence-electron chi connectivity index (χ1n) is 10.0. The van der Waals surface area contributed by atoms with Crippen molar-refractivity contribution >= 4 is 32.8 Å². The summed E-state index contributed by atoms with van der Waals surface area (Å²) in [6, 6.07) is 16.7. The number of rotatable bonds is 2. The molecule has 3 nitrogen and oxygen atoms in total. The highest BCUT2D eigenvalue weighted by Crippen LogP contribution is 2.39. The average Bonchev–Trinajstić information content (AvgIpc) is 3.06. The summed E-state index contributed by atoms with van der Waals surface area (Å²) >= 11 is 0. The van der Waals surface area contributed by atoms with Crippen molar-refractivity contribution in [3.63, 3.8) is 0 Å². The lowest BCUT2D eigenvalue weighted by molar-refractivity contribution is -0.660. The van der Waals surface area contributed by atoms with Crippen molar-refractivity contribution in [2.45, 2.75) is 26.7 Å². The minimum Gasteiger partial charge on any atom is -0.437 e. The zero-order chi connectivity index (χ0) is 20.3. The summed E-state index contributed by atoms with van der Waals surface area (Å²) in [6.45, 7) is 5.92. The summed E-state index contributed by atoms with van der Waals surface area (Å²) in [7, 11) is 2.03. The molecule has 0 spiro atoms. The van der Waals surface area contributed by atoms with E-state index in [4.69, 9.17) is 5.79 Å². The molecule has 0 amide bonds. The fourth-order valence-electron chi connectivity index (χ4n) is 4.04. The van der Waals surface area contributed by atoms with Crippen LogP contribution in [-0.4, -0.2) is 4.98 Å². The topological polar surface area (TPSA) is 29.9 Å². The number of nitrogens with zero attached hydrogens (tertiary/aromatic N) is 2. The Morgan fingerprint density at radius 1 is 1.04 bits per heavy atom. The number of furan rings is 1. The van der Waals surface area contributed by atoms with Crippen LogP contribution in [0.2, 0.25) is 0 Å². The normalized spacial score (nSPS) is 12.8. The van der Waals surface area contributed by atoms with Crippen LogP contribution in [0.1, 0.15) is 32.2 Å². The van der Waals surface area contributed by atoms with Gasteiger partial charge in [-0.05, 0) is 29.8 Å². The molecule has 0 saturated carbocycles. The Labute approximate surface area is 165 Å². The predicted octanol–water partition coefficient (Wildman–Crippen LogP) is 6.06. The Balaban J connectivity index is 1.85. The van der Waals surface area contributed by atoms with Crippen LogP contribution in [-0.2, 0) is 7.05 Å². The molecule has 0 fully saturated rings. The molecule has 0 saturated heterocycles. The molecule has 0 aliphatic rings. The van der Waals surface area contributed by atoms with E-state index in [-0.39, 0.29) is 0 Å². The van der Waals surface area contributed by atoms with Crippen molar-refractivity contribution in [3.8, 4) is 11.3 Å². The third kappa shape index (κ3) is 2.43. The van der Waals surface area contributed by atoms with Gasteiger partial charge in [-0.15, -0.1) is 0 Å². The largest absolute Gasteiger partial charge is 0.437 e. The van der Waals surface area contributed by atoms with E-state index >= 15 is 0 Å². The van der Waals surface area contributed by atoms with Crippen molar-refractivity contribution < 1.29 is 10.4 Å². The molecule has 0 unspecified atom stereocenters. The number of aryl methyl sites for hydroxylation is 2. The zero-order valence-corrected chi connectivity index (χ0v) is 16.6. The van der Waals surface area contributed by atoms with Gasteiger partial charge in [-0.1, -0.05) is 50.2 Å². The molecule has 0 N–H and O–H groups in total. The van der Waals surface area contributed by atoms with Gasteiger partial charge in [-0.2, -0.15) is 0 Å². The number of benzene rings is 2. The Kier molecular flexibility index (Phi) is 3.48. The minimum atomic E-state index is -0.639. The van der Waals surface area contributed by atoms with E-state index in [1.165, 1.54) is 0 Å². The number of fused-ring (bicyclic) bond motifs is 5. The van der Waals surface area contributed by atoms with Gasteiger partial charge >= 0.3 is 0 Å². The third-order valence-electron chi connectivity index (χ3n) is 5.57. The Morgan fingerprint density at radius 3 is 2.64 bits per heavy atom. The Bertz CT molecular complexity index is 1410. The van der Waals surface area contributed by atoms with Crippen molar-refractivity contribution in [1.82, 2.24) is 4.98 Å². The van der Waals surface area contributed by atoms with Gasteiger partial charge in [-0.25, -0.2) is 9.55 Å². The maximum absolute atomic E-state index is 8.33. The second-order valence-corrected chi connectivity index (χ2v) is 7.68. The molecule has 0 atom stereocenters. The fourth-order valence-corrected chi connectivity index (χ4v) is 4.04. The van der Waals surface area contributed by atoms with E-state index in [0.717, 1.165) is 49.5 Å². The van der Waals surface area contributed by atoms with Gasteiger partial charge in [-0.3, -0.25) is 0 Å². The molecule has 3 heterocycles. The number of hydrogen-bond acceptors (Lipinski definition) is 2. The standard InChI is InChI=1S/C25H23N2O/c1-15(2)18-10-12-21(27(4)14-18)22-16(3)9-11-20-23-19-8-6-5-7-17(19)13-26-25(23)28-24(20)22/h5-15H,1-4H3/q+1/i15D. The second kappa shape index (κ2) is 6.16. The molecule has 0 aliphatic carbocycles. The van der Waals surface area contributed by atoms with Crippen LogP contribution in [0.3, 0.4) is 0 Å². The molecule has 0 radical (unpaired) electrons. The molecule has 138 valence electrons. The highest BCUT2D eigenvalue weighted by Gasteiger charge is 2.22. The first-order valence-corrected chi connectivity index (χ1v) is 9.55. The lowest BCUT2D eigenvalue weighted by Crippen LogP contribution is -2.31. The molecule has 0 bridgehead atoms. The van der Waals surface area contributed by atoms with E-state index in [2.05, 4.69) is 52.9 Å². The van der Waals surface area contributed by atoms with Gasteiger partial charge in [0.05, 0.1) is 10.9 Å². The second-order valence-electron chi connectivity index (χ2n) is 7.68. The van der Waals surface area contributed by atoms with Gasteiger partial charge in [0.15, 0.2) is 11.8 Å². The Morgan fingerprint density at radius 2 is 1.86 bits per heavy atom. The molecular weight excluding hydrogens is 344 g/mol. The summed E-state index contributed by atoms with van der Waals surface area (Å²) < 4.78 is 16.7. The predicted molar refractivity (Wildman–Crippen MR) is 114 cm³/mol. The van der Waals surface area contributed by atoms with Gasteiger partial charge in [0, 0.05) is 30.0 Å². The van der Waals surface area contributed by atoms with E-state index in [0.29, 0.717) is 5.71 Å². The van der Waals surface area contributed by atoms with Crippen LogP contribution in [0.25, 0.3) is 44.1 Å². The van der Waals surface area contributed by atoms with Crippen molar-refractivity contribution in [1.29, 1.82) is 0 Å². The Hall–Kier alpha value is -3.20. The maximum atomic E-state index is 8.33. The van der Waals surface area contributed by atoms with Crippen LogP contribution < -0.4 is 4.57 Å². The molecule has 3 aromatic heterocycles. The quantitative estimate of drug-likeness (QED) is 0.355. The van der Waals surface area contributed by atoms with E-state index in [1.807, 2.05) is 45.4 Å². The number of pyridine rings is 2. The SMILES string of the molecule is [2H]C(C)(C)c1ccc(-c2c(C)ccc3c2oc2ncc4ccccc4c23)[n+](C)c1. The molecule has 5 aromatic rings. The molecule has 3 heteroatoms. The summed E-state index contributed by atoms with van der Waals surface area (Å²) in [6.07, 6.45) is 3.91. The van der Waals surface area contributed by atoms with Gasteiger partial charge in [0.1, 0.15) is 7.05 Å². The highest BCUT2D eigenvalue weighted by atomic mass is 16.3. The van der Waals surface area contributed by atoms with Crippen LogP contribution in [0.4, 0.5) is 0 Å². The van der Waals surface area contributed by atoms with Gasteiger partial charge in [0.2, 0.25) is 11.4 Å². The maximum Gasteiger partial charge on any atom is 0.227 e. The molecular formula is C25H23N2O+. The van der Waals surface area contributed by atoms with Crippen LogP contribution in [0.15, 0.2) is 65.3 Å². The summed E-state index contributed by atoms with van der Waals surface area (Å²) in [5.74, 6) is -0.639. The lowest BCUT2D eigenvalue weighted by Gasteiger charge is -2.08. The fraction of sp³-hybridized carbons (Fsp3) is 0.200. The highest BCUT2D eigenvalue weighted by molar-refractivity contribution is 6.19. The summed E-state index contributed by atoms with van der Waals surface area (Å²) in [5.41, 5.74) is 5.78. The first-order chi connectivity index (χ1) is 13.8. The lowest BCUT2D eigenvalue weighted by atomic mass is 9.98. The number of aromatic nitrogens is 2. The third-order valence-corrected chi connectivity index (χ3v) is 5.57. The van der Waals surface area contributed by atoms with Crippen molar-refractivity contribution in [2.75, 3.05) is 0 Å². The monoisotopic (exact) mass is 368 g/mol. The van der Waals surface area contributed by atoms with Crippen molar-refractivity contribution in [3.05, 3.63) is 72.1 Å². The summed E-state index contributed by atoms with van der Waals surface area (Å²) in [4.78, 5) is 4.58. The molecule has 0 aliphatic heterocycles. The van der Waals surface area contributed by atoms with Crippen LogP contribution >= 0.6 is 0 Å². The van der Waals surface area contributed by atoms with Gasteiger partial charge in [0.25, 0.3) is 0 Å². The average molecular weight is 368 g/mol. The van der Waals surface area contributed by atoms with E-state index in [1.54, 1.807) is 0 Å². The van der Waals surface area contributed by atoms with Crippen LogP contribution in [0, 0.1) is 6.92 Å². The minimum absolute atomic E-state index is 0.639. The van der Waals surface area contributed by atoms with E-state index < -0.39 is 5.89 Å². The number of hydrogen-bond donors (Lipinski definition) is 0. The molecule has 28 heavy (non-hydrogen) atoms. The van der Waals surface area contributed by atoms with Crippen molar-refractivity contribution in [2.24, 2.45) is 7.05 Å². The first kappa shape index (κ1) is 15.8. The van der Waals surface area contributed by atoms with Gasteiger partial charge < -0.3 is 4.42 Å². The molecule has 5 rings (SSSR count). The van der Waals surface area contributed by atoms with E-state index in [9.17, 15) is 0 Å². The smallest absolute Gasteiger partial charge is 0.227 e. The summed E-state index contributed by atoms with van der Waals surface area (Å²) in [5, 5.41) is 4.40. The molecule has 2 aromatic carbocycles. The zero-order valence-electron chi connectivity index (χ0n) is 17.6.